The van der Waals surface area contributed by atoms with E-state index >= 15 is 0 Å². The minimum absolute atomic E-state index is 0.0434. The number of rotatable bonds is 2. The second kappa shape index (κ2) is 4.88. The zero-order chi connectivity index (χ0) is 15.0. The van der Waals surface area contributed by atoms with E-state index in [9.17, 15) is 18.0 Å². The van der Waals surface area contributed by atoms with Crippen molar-refractivity contribution in [2.24, 2.45) is 0 Å². The number of nitrogens with zero attached hydrogens (tertiary/aromatic N) is 2. The van der Waals surface area contributed by atoms with Gasteiger partial charge >= 0.3 is 6.30 Å². The lowest BCUT2D eigenvalue weighted by Crippen LogP contribution is -2.16. The molecular weight excluding hydrogens is 303 g/mol. The van der Waals surface area contributed by atoms with E-state index in [1.165, 1.54) is 35.7 Å². The van der Waals surface area contributed by atoms with Crippen LogP contribution in [0.5, 0.6) is 0 Å². The maximum Gasteiger partial charge on any atom is 0.488 e. The van der Waals surface area contributed by atoms with E-state index in [-0.39, 0.29) is 21.0 Å². The zero-order valence-corrected chi connectivity index (χ0v) is 11.2. The Morgan fingerprint density at radius 3 is 2.71 bits per heavy atom. The summed E-state index contributed by atoms with van der Waals surface area (Å²) in [5, 5.41) is 4.72. The number of thiazole rings is 1. The van der Waals surface area contributed by atoms with Gasteiger partial charge in [-0.3, -0.25) is 14.7 Å². The second-order valence-electron chi connectivity index (χ2n) is 4.19. The van der Waals surface area contributed by atoms with Gasteiger partial charge in [0.1, 0.15) is 0 Å². The number of alkyl halides is 3. The van der Waals surface area contributed by atoms with Crippen molar-refractivity contribution >= 4 is 33.3 Å². The summed E-state index contributed by atoms with van der Waals surface area (Å²) in [5.41, 5.74) is -0.104. The van der Waals surface area contributed by atoms with Gasteiger partial charge in [-0.1, -0.05) is 18.2 Å². The van der Waals surface area contributed by atoms with Gasteiger partial charge < -0.3 is 0 Å². The highest BCUT2D eigenvalue weighted by Crippen LogP contribution is 2.31. The Kier molecular flexibility index (Phi) is 3.17. The van der Waals surface area contributed by atoms with Gasteiger partial charge in [0.05, 0.1) is 11.1 Å². The molecule has 0 unspecified atom stereocenters. The normalized spacial score (nSPS) is 11.8. The highest BCUT2D eigenvalue weighted by molar-refractivity contribution is 7.13. The number of fused-ring (bicyclic) bond motifs is 1. The van der Waals surface area contributed by atoms with Crippen LogP contribution in [0, 0.1) is 0 Å². The van der Waals surface area contributed by atoms with Crippen molar-refractivity contribution in [3.05, 3.63) is 47.6 Å². The fraction of sp³-hybridized carbons (Fsp3) is 0.0769. The first-order chi connectivity index (χ1) is 9.97. The van der Waals surface area contributed by atoms with Crippen molar-refractivity contribution in [3.8, 4) is 0 Å². The third-order valence-corrected chi connectivity index (χ3v) is 3.57. The Morgan fingerprint density at radius 2 is 2.05 bits per heavy atom. The largest absolute Gasteiger partial charge is 0.488 e. The number of benzene rings is 1. The molecule has 1 aromatic carbocycles. The smallest absolute Gasteiger partial charge is 0.298 e. The molecule has 108 valence electrons. The van der Waals surface area contributed by atoms with E-state index in [0.29, 0.717) is 5.13 Å². The first-order valence-electron chi connectivity index (χ1n) is 5.85. The summed E-state index contributed by atoms with van der Waals surface area (Å²) in [6, 6.07) is 5.88. The number of aromatic nitrogens is 2. The number of nitrogens with one attached hydrogen (secondary N) is 1. The molecule has 0 saturated heterocycles. The molecular formula is C13H8F3N3OS. The van der Waals surface area contributed by atoms with Crippen LogP contribution in [-0.2, 0) is 6.30 Å². The molecule has 0 radical (unpaired) electrons. The quantitative estimate of drug-likeness (QED) is 0.782. The van der Waals surface area contributed by atoms with Gasteiger partial charge in [0.25, 0.3) is 5.91 Å². The van der Waals surface area contributed by atoms with Gasteiger partial charge in [-0.05, 0) is 6.07 Å². The molecule has 0 aliphatic heterocycles. The minimum atomic E-state index is -4.58. The molecule has 4 nitrogen and oxygen atoms in total. The summed E-state index contributed by atoms with van der Waals surface area (Å²) in [7, 11) is 0. The highest BCUT2D eigenvalue weighted by Gasteiger charge is 2.33. The number of anilines is 1. The lowest BCUT2D eigenvalue weighted by molar-refractivity contribution is -0.200. The molecule has 21 heavy (non-hydrogen) atoms. The second-order valence-corrected chi connectivity index (χ2v) is 5.08. The van der Waals surface area contributed by atoms with Crippen molar-refractivity contribution in [3.63, 3.8) is 0 Å². The summed E-state index contributed by atoms with van der Waals surface area (Å²) in [6.45, 7) is 0. The molecule has 0 bridgehead atoms. The molecule has 2 aromatic heterocycles. The summed E-state index contributed by atoms with van der Waals surface area (Å²) in [4.78, 5) is 16.0. The predicted octanol–water partition coefficient (Wildman–Crippen LogP) is 3.83. The van der Waals surface area contributed by atoms with Crippen LogP contribution >= 0.6 is 11.3 Å². The lowest BCUT2D eigenvalue weighted by Gasteiger charge is -2.08. The van der Waals surface area contributed by atoms with Crippen molar-refractivity contribution in [2.45, 2.75) is 6.30 Å². The monoisotopic (exact) mass is 311 g/mol. The minimum Gasteiger partial charge on any atom is -0.298 e. The zero-order valence-electron chi connectivity index (χ0n) is 10.4. The van der Waals surface area contributed by atoms with Crippen LogP contribution in [0.25, 0.3) is 10.9 Å². The van der Waals surface area contributed by atoms with E-state index in [2.05, 4.69) is 10.3 Å². The van der Waals surface area contributed by atoms with Gasteiger partial charge in [0.15, 0.2) is 5.13 Å². The number of hydrogen-bond donors (Lipinski definition) is 1. The first kappa shape index (κ1) is 13.6. The van der Waals surface area contributed by atoms with Crippen molar-refractivity contribution < 1.29 is 18.0 Å². The maximum absolute atomic E-state index is 13.0. The Labute approximate surface area is 120 Å². The molecule has 0 spiro atoms. The molecule has 3 aromatic rings. The molecule has 1 N–H and O–H groups in total. The summed E-state index contributed by atoms with van der Waals surface area (Å²) < 4.78 is 39.1. The average Bonchev–Trinajstić information content (AvgIpc) is 3.04. The fourth-order valence-electron chi connectivity index (χ4n) is 2.02. The van der Waals surface area contributed by atoms with Crippen LogP contribution in [0.1, 0.15) is 10.4 Å². The maximum atomic E-state index is 13.0. The van der Waals surface area contributed by atoms with Gasteiger partial charge in [0, 0.05) is 23.2 Å². The molecule has 0 saturated carbocycles. The van der Waals surface area contributed by atoms with Crippen LogP contribution in [-0.4, -0.2) is 15.5 Å². The molecule has 0 atom stereocenters. The summed E-state index contributed by atoms with van der Waals surface area (Å²) in [6.07, 6.45) is -2.29. The average molecular weight is 311 g/mol. The van der Waals surface area contributed by atoms with Gasteiger partial charge in [-0.25, -0.2) is 4.98 Å². The van der Waals surface area contributed by atoms with Crippen molar-refractivity contribution in [2.75, 3.05) is 5.32 Å². The van der Waals surface area contributed by atoms with Crippen LogP contribution in [0.3, 0.4) is 0 Å². The van der Waals surface area contributed by atoms with Crippen LogP contribution < -0.4 is 5.32 Å². The molecule has 0 fully saturated rings. The van der Waals surface area contributed by atoms with E-state index in [0.717, 1.165) is 6.20 Å². The van der Waals surface area contributed by atoms with Gasteiger partial charge in [-0.2, -0.15) is 0 Å². The summed E-state index contributed by atoms with van der Waals surface area (Å²) in [5.74, 6) is -0.621. The molecule has 0 aliphatic rings. The molecule has 2 heterocycles. The molecule has 0 aliphatic carbocycles. The molecule has 1 amide bonds. The van der Waals surface area contributed by atoms with E-state index < -0.39 is 12.2 Å². The van der Waals surface area contributed by atoms with E-state index in [1.807, 2.05) is 0 Å². The van der Waals surface area contributed by atoms with Crippen molar-refractivity contribution in [1.82, 2.24) is 9.55 Å². The third kappa shape index (κ3) is 2.49. The Hall–Kier alpha value is -2.35. The number of hydrogen-bond acceptors (Lipinski definition) is 3. The van der Waals surface area contributed by atoms with Crippen molar-refractivity contribution in [1.29, 1.82) is 0 Å². The van der Waals surface area contributed by atoms with Gasteiger partial charge in [0.2, 0.25) is 0 Å². The lowest BCUT2D eigenvalue weighted by atomic mass is 10.1. The Balaban J connectivity index is 2.08. The number of para-hydroxylation sites is 1. The highest BCUT2D eigenvalue weighted by atomic mass is 32.1. The summed E-state index contributed by atoms with van der Waals surface area (Å²) >= 11 is 1.19. The SMILES string of the molecule is O=C(Nc1nccs1)c1cn(C(F)(F)F)c2ccccc12. The van der Waals surface area contributed by atoms with Crippen LogP contribution in [0.4, 0.5) is 18.3 Å². The molecule has 8 heteroatoms. The fourth-order valence-corrected chi connectivity index (χ4v) is 2.54. The Bertz CT molecular complexity index is 793. The number of halogens is 3. The third-order valence-electron chi connectivity index (χ3n) is 2.88. The van der Waals surface area contributed by atoms with Gasteiger partial charge in [-0.15, -0.1) is 24.5 Å². The van der Waals surface area contributed by atoms with Crippen LogP contribution in [0.2, 0.25) is 0 Å². The van der Waals surface area contributed by atoms with E-state index in [4.69, 9.17) is 0 Å². The molecule has 3 rings (SSSR count). The number of amides is 1. The topological polar surface area (TPSA) is 46.9 Å². The first-order valence-corrected chi connectivity index (χ1v) is 6.73. The predicted molar refractivity (Wildman–Crippen MR) is 73.3 cm³/mol. The Morgan fingerprint density at radius 1 is 1.29 bits per heavy atom. The van der Waals surface area contributed by atoms with E-state index in [1.54, 1.807) is 11.4 Å². The standard InChI is InChI=1S/C13H8F3N3OS/c14-13(15,16)19-7-9(8-3-1-2-4-10(8)19)11(20)18-12-17-5-6-21-12/h1-7H,(H,17,18,20). The number of carbonyl (C=O) groups is 1. The number of carbonyl (C=O) groups excluding carboxylic acids is 1. The van der Waals surface area contributed by atoms with Crippen LogP contribution in [0.15, 0.2) is 42.0 Å².